The summed E-state index contributed by atoms with van der Waals surface area (Å²) in [7, 11) is 1.44. The molecule has 0 spiro atoms. The molecule has 28 heavy (non-hydrogen) atoms. The van der Waals surface area contributed by atoms with Gasteiger partial charge in [-0.15, -0.1) is 0 Å². The van der Waals surface area contributed by atoms with Crippen LogP contribution < -0.4 is 5.32 Å². The number of ether oxygens (including phenoxy) is 1. The predicted octanol–water partition coefficient (Wildman–Crippen LogP) is 4.21. The van der Waals surface area contributed by atoms with Gasteiger partial charge in [-0.05, 0) is 67.9 Å². The van der Waals surface area contributed by atoms with Crippen molar-refractivity contribution in [2.24, 2.45) is 11.8 Å². The van der Waals surface area contributed by atoms with Crippen molar-refractivity contribution in [3.63, 3.8) is 0 Å². The summed E-state index contributed by atoms with van der Waals surface area (Å²) in [5, 5.41) is 3.78. The van der Waals surface area contributed by atoms with Gasteiger partial charge in [0.15, 0.2) is 0 Å². The molecule has 0 bridgehead atoms. The fraction of sp³-hybridized carbons (Fsp3) is 0.455. The van der Waals surface area contributed by atoms with Crippen molar-refractivity contribution in [3.8, 4) is 0 Å². The van der Waals surface area contributed by atoms with E-state index in [2.05, 4.69) is 5.32 Å². The maximum atomic E-state index is 12.8. The average Bonchev–Trinajstić information content (AvgIpc) is 3.08. The molecule has 1 fully saturated rings. The van der Waals surface area contributed by atoms with Gasteiger partial charge in [-0.2, -0.15) is 0 Å². The fourth-order valence-electron chi connectivity index (χ4n) is 3.86. The Morgan fingerprint density at radius 2 is 1.86 bits per heavy atom. The lowest BCUT2D eigenvalue weighted by Crippen LogP contribution is -2.33. The summed E-state index contributed by atoms with van der Waals surface area (Å²) < 4.78 is 6.81. The van der Waals surface area contributed by atoms with E-state index in [1.54, 1.807) is 0 Å². The highest BCUT2D eigenvalue weighted by Crippen LogP contribution is 2.29. The van der Waals surface area contributed by atoms with Crippen LogP contribution in [0.1, 0.15) is 47.3 Å². The quantitative estimate of drug-likeness (QED) is 0.736. The minimum absolute atomic E-state index is 0.0104. The summed E-state index contributed by atoms with van der Waals surface area (Å²) in [4.78, 5) is 24.4. The van der Waals surface area contributed by atoms with E-state index in [1.165, 1.54) is 7.11 Å². The molecule has 3 rings (SSSR count). The number of nitrogens with zero attached hydrogens (tertiary/aromatic N) is 1. The van der Waals surface area contributed by atoms with Crippen LogP contribution >= 0.6 is 11.6 Å². The third kappa shape index (κ3) is 5.16. The number of benzene rings is 1. The van der Waals surface area contributed by atoms with E-state index in [1.807, 2.05) is 48.0 Å². The number of halogens is 1. The first-order valence-electron chi connectivity index (χ1n) is 9.73. The second kappa shape index (κ2) is 9.28. The molecule has 150 valence electrons. The normalized spacial score (nSPS) is 19.2. The summed E-state index contributed by atoms with van der Waals surface area (Å²) in [6.45, 7) is 3.25. The topological polar surface area (TPSA) is 60.3 Å². The number of methoxy groups -OCH3 is 1. The van der Waals surface area contributed by atoms with E-state index < -0.39 is 0 Å². The lowest BCUT2D eigenvalue weighted by Gasteiger charge is -2.27. The van der Waals surface area contributed by atoms with Crippen LogP contribution in [0.5, 0.6) is 0 Å². The standard InChI is InChI=1S/C22H27ClN2O3/c1-15-11-20(25(13-15)14-17-5-9-19(23)10-6-17)21(26)24-12-16-3-7-18(8-4-16)22(27)28-2/h5-6,9-11,13,16,18H,3-4,7-8,12,14H2,1-2H3,(H,24,26)/t16-,18-. The zero-order valence-electron chi connectivity index (χ0n) is 16.4. The van der Waals surface area contributed by atoms with E-state index in [0.717, 1.165) is 36.8 Å². The Morgan fingerprint density at radius 3 is 2.50 bits per heavy atom. The van der Waals surface area contributed by atoms with Gasteiger partial charge in [0.25, 0.3) is 5.91 Å². The first kappa shape index (κ1) is 20.5. The second-order valence-corrected chi connectivity index (χ2v) is 8.04. The molecule has 0 saturated heterocycles. The zero-order chi connectivity index (χ0) is 20.1. The van der Waals surface area contributed by atoms with Crippen LogP contribution in [-0.2, 0) is 16.1 Å². The zero-order valence-corrected chi connectivity index (χ0v) is 17.2. The largest absolute Gasteiger partial charge is 0.469 e. The number of hydrogen-bond donors (Lipinski definition) is 1. The highest BCUT2D eigenvalue weighted by Gasteiger charge is 2.27. The summed E-state index contributed by atoms with van der Waals surface area (Å²) >= 11 is 5.95. The molecule has 6 heteroatoms. The molecular formula is C22H27ClN2O3. The van der Waals surface area contributed by atoms with Gasteiger partial charge in [-0.3, -0.25) is 9.59 Å². The van der Waals surface area contributed by atoms with Gasteiger partial charge in [0.1, 0.15) is 5.69 Å². The molecule has 1 saturated carbocycles. The third-order valence-electron chi connectivity index (χ3n) is 5.46. The summed E-state index contributed by atoms with van der Waals surface area (Å²) in [6, 6.07) is 9.58. The molecular weight excluding hydrogens is 376 g/mol. The van der Waals surface area contributed by atoms with Gasteiger partial charge < -0.3 is 14.6 Å². The van der Waals surface area contributed by atoms with Crippen LogP contribution in [0.15, 0.2) is 36.5 Å². The number of carbonyl (C=O) groups is 2. The number of hydrogen-bond acceptors (Lipinski definition) is 3. The average molecular weight is 403 g/mol. The van der Waals surface area contributed by atoms with E-state index in [-0.39, 0.29) is 17.8 Å². The van der Waals surface area contributed by atoms with Crippen molar-refractivity contribution in [2.45, 2.75) is 39.2 Å². The van der Waals surface area contributed by atoms with Crippen LogP contribution in [0.25, 0.3) is 0 Å². The summed E-state index contributed by atoms with van der Waals surface area (Å²) in [6.07, 6.45) is 5.53. The van der Waals surface area contributed by atoms with Gasteiger partial charge in [0.05, 0.1) is 13.0 Å². The van der Waals surface area contributed by atoms with Crippen LogP contribution in [0.4, 0.5) is 0 Å². The number of esters is 1. The van der Waals surface area contributed by atoms with Crippen molar-refractivity contribution in [2.75, 3.05) is 13.7 Å². The first-order valence-corrected chi connectivity index (χ1v) is 10.1. The highest BCUT2D eigenvalue weighted by atomic mass is 35.5. The van der Waals surface area contributed by atoms with Gasteiger partial charge in [0, 0.05) is 24.3 Å². The lowest BCUT2D eigenvalue weighted by atomic mass is 9.82. The summed E-state index contributed by atoms with van der Waals surface area (Å²) in [5.41, 5.74) is 2.81. The van der Waals surface area contributed by atoms with Gasteiger partial charge in [-0.25, -0.2) is 0 Å². The molecule has 1 heterocycles. The molecule has 5 nitrogen and oxygen atoms in total. The van der Waals surface area contributed by atoms with Crippen LogP contribution in [0.3, 0.4) is 0 Å². The Hall–Kier alpha value is -2.27. The second-order valence-electron chi connectivity index (χ2n) is 7.61. The molecule has 1 aliphatic rings. The third-order valence-corrected chi connectivity index (χ3v) is 5.72. The molecule has 2 aromatic rings. The molecule has 0 unspecified atom stereocenters. The number of carbonyl (C=O) groups excluding carboxylic acids is 2. The molecule has 1 N–H and O–H groups in total. The van der Waals surface area contributed by atoms with Crippen molar-refractivity contribution in [1.29, 1.82) is 0 Å². The number of amides is 1. The maximum absolute atomic E-state index is 12.8. The smallest absolute Gasteiger partial charge is 0.308 e. The number of nitrogens with one attached hydrogen (secondary N) is 1. The Morgan fingerprint density at radius 1 is 1.18 bits per heavy atom. The molecule has 1 aliphatic carbocycles. The Kier molecular flexibility index (Phi) is 6.79. The molecule has 1 amide bonds. The number of aryl methyl sites for hydroxylation is 1. The van der Waals surface area contributed by atoms with Crippen LogP contribution in [0, 0.1) is 18.8 Å². The van der Waals surface area contributed by atoms with E-state index in [0.29, 0.717) is 29.7 Å². The first-order chi connectivity index (χ1) is 13.5. The molecule has 0 aliphatic heterocycles. The number of rotatable bonds is 6. The molecule has 1 aromatic heterocycles. The Labute approximate surface area is 171 Å². The molecule has 1 aromatic carbocycles. The minimum atomic E-state index is -0.113. The molecule has 0 atom stereocenters. The van der Waals surface area contributed by atoms with Crippen molar-refractivity contribution in [3.05, 3.63) is 58.4 Å². The van der Waals surface area contributed by atoms with Crippen molar-refractivity contribution < 1.29 is 14.3 Å². The Bertz CT molecular complexity index is 821. The van der Waals surface area contributed by atoms with Gasteiger partial charge in [0.2, 0.25) is 0 Å². The highest BCUT2D eigenvalue weighted by molar-refractivity contribution is 6.30. The predicted molar refractivity (Wildman–Crippen MR) is 110 cm³/mol. The van der Waals surface area contributed by atoms with E-state index >= 15 is 0 Å². The van der Waals surface area contributed by atoms with Crippen molar-refractivity contribution in [1.82, 2.24) is 9.88 Å². The SMILES string of the molecule is COC(=O)[C@H]1CC[C@H](CNC(=O)c2cc(C)cn2Cc2ccc(Cl)cc2)CC1. The van der Waals surface area contributed by atoms with Crippen molar-refractivity contribution >= 4 is 23.5 Å². The monoisotopic (exact) mass is 402 g/mol. The van der Waals surface area contributed by atoms with Gasteiger partial charge >= 0.3 is 5.97 Å². The molecule has 0 radical (unpaired) electrons. The fourth-order valence-corrected chi connectivity index (χ4v) is 3.99. The summed E-state index contributed by atoms with van der Waals surface area (Å²) in [5.74, 6) is 0.247. The van der Waals surface area contributed by atoms with E-state index in [9.17, 15) is 9.59 Å². The number of aromatic nitrogens is 1. The van der Waals surface area contributed by atoms with Crippen LogP contribution in [0.2, 0.25) is 5.02 Å². The maximum Gasteiger partial charge on any atom is 0.308 e. The Balaban J connectivity index is 1.56. The van der Waals surface area contributed by atoms with Crippen LogP contribution in [-0.4, -0.2) is 30.1 Å². The lowest BCUT2D eigenvalue weighted by molar-refractivity contribution is -0.146. The van der Waals surface area contributed by atoms with Gasteiger partial charge in [-0.1, -0.05) is 23.7 Å². The van der Waals surface area contributed by atoms with E-state index in [4.69, 9.17) is 16.3 Å². The minimum Gasteiger partial charge on any atom is -0.469 e.